The van der Waals surface area contributed by atoms with Gasteiger partial charge >= 0.3 is 0 Å². The number of carbonyl (C=O) groups excluding carboxylic acids is 1. The highest BCUT2D eigenvalue weighted by Gasteiger charge is 2.20. The van der Waals surface area contributed by atoms with E-state index in [2.05, 4.69) is 32.2 Å². The van der Waals surface area contributed by atoms with Crippen LogP contribution < -0.4 is 10.2 Å². The van der Waals surface area contributed by atoms with E-state index in [0.717, 1.165) is 59.2 Å². The molecule has 5 rings (SSSR count). The van der Waals surface area contributed by atoms with Crippen LogP contribution in [0.3, 0.4) is 0 Å². The van der Waals surface area contributed by atoms with Crippen molar-refractivity contribution in [1.29, 1.82) is 0 Å². The van der Waals surface area contributed by atoms with Crippen molar-refractivity contribution >= 4 is 32.6 Å². The number of nitrogens with one attached hydrogen (secondary N) is 1. The number of halogens is 1. The third kappa shape index (κ3) is 5.05. The summed E-state index contributed by atoms with van der Waals surface area (Å²) in [5.41, 5.74) is 3.76. The maximum absolute atomic E-state index is 13.4. The lowest BCUT2D eigenvalue weighted by Crippen LogP contribution is -2.48. The SMILES string of the molecule is O=C(NCCN1CCN(c2nc3ccc(F)cc3s2)CC1)c1ccc(-c2ccccc2)cc1. The quantitative estimate of drug-likeness (QED) is 0.455. The molecule has 4 aromatic rings. The molecule has 1 N–H and O–H groups in total. The van der Waals surface area contributed by atoms with Crippen molar-refractivity contribution in [3.63, 3.8) is 0 Å². The molecule has 2 heterocycles. The molecule has 1 fully saturated rings. The highest BCUT2D eigenvalue weighted by Crippen LogP contribution is 2.29. The summed E-state index contributed by atoms with van der Waals surface area (Å²) >= 11 is 1.54. The first-order valence-electron chi connectivity index (χ1n) is 11.1. The van der Waals surface area contributed by atoms with Crippen LogP contribution in [0.25, 0.3) is 21.3 Å². The average molecular weight is 461 g/mol. The molecule has 0 spiro atoms. The number of piperazine rings is 1. The van der Waals surface area contributed by atoms with Crippen LogP contribution >= 0.6 is 11.3 Å². The van der Waals surface area contributed by atoms with Gasteiger partial charge in [-0.15, -0.1) is 0 Å². The highest BCUT2D eigenvalue weighted by atomic mass is 32.1. The predicted octanol–water partition coefficient (Wildman–Crippen LogP) is 4.65. The van der Waals surface area contributed by atoms with Crippen LogP contribution in [0.1, 0.15) is 10.4 Å². The standard InChI is InChI=1S/C26H25FN4OS/c27-22-10-11-23-24(18-22)33-26(29-23)31-16-14-30(15-17-31)13-12-28-25(32)21-8-6-20(7-9-21)19-4-2-1-3-5-19/h1-11,18H,12-17H2,(H,28,32). The lowest BCUT2D eigenvalue weighted by molar-refractivity contribution is 0.0948. The van der Waals surface area contributed by atoms with Crippen LogP contribution in [0, 0.1) is 5.82 Å². The van der Waals surface area contributed by atoms with Gasteiger partial charge in [0.1, 0.15) is 5.82 Å². The molecule has 33 heavy (non-hydrogen) atoms. The molecule has 0 radical (unpaired) electrons. The Bertz CT molecular complexity index is 1230. The van der Waals surface area contributed by atoms with Gasteiger partial charge < -0.3 is 10.2 Å². The fraction of sp³-hybridized carbons (Fsp3) is 0.231. The molecule has 0 bridgehead atoms. The van der Waals surface area contributed by atoms with E-state index in [1.54, 1.807) is 12.1 Å². The second-order valence-corrected chi connectivity index (χ2v) is 9.15. The molecule has 168 valence electrons. The van der Waals surface area contributed by atoms with Crippen molar-refractivity contribution in [2.45, 2.75) is 0 Å². The van der Waals surface area contributed by atoms with E-state index in [1.165, 1.54) is 17.4 Å². The summed E-state index contributed by atoms with van der Waals surface area (Å²) in [7, 11) is 0. The number of nitrogens with zero attached hydrogens (tertiary/aromatic N) is 3. The Labute approximate surface area is 196 Å². The number of fused-ring (bicyclic) bond motifs is 1. The maximum Gasteiger partial charge on any atom is 0.251 e. The number of amides is 1. The number of benzene rings is 3. The van der Waals surface area contributed by atoms with E-state index < -0.39 is 0 Å². The van der Waals surface area contributed by atoms with Crippen LogP contribution in [-0.4, -0.2) is 55.1 Å². The fourth-order valence-electron chi connectivity index (χ4n) is 4.06. The second kappa shape index (κ2) is 9.68. The topological polar surface area (TPSA) is 48.5 Å². The molecule has 1 saturated heterocycles. The van der Waals surface area contributed by atoms with E-state index in [-0.39, 0.29) is 11.7 Å². The van der Waals surface area contributed by atoms with Crippen molar-refractivity contribution in [2.75, 3.05) is 44.2 Å². The summed E-state index contributed by atoms with van der Waals surface area (Å²) in [4.78, 5) is 21.8. The number of thiazole rings is 1. The molecule has 1 amide bonds. The number of hydrogen-bond acceptors (Lipinski definition) is 5. The van der Waals surface area contributed by atoms with E-state index in [0.29, 0.717) is 12.1 Å². The molecular weight excluding hydrogens is 435 g/mol. The van der Waals surface area contributed by atoms with E-state index in [9.17, 15) is 9.18 Å². The third-order valence-corrected chi connectivity index (χ3v) is 7.03. The summed E-state index contributed by atoms with van der Waals surface area (Å²) in [5.74, 6) is -0.272. The molecule has 1 aromatic heterocycles. The van der Waals surface area contributed by atoms with Gasteiger partial charge in [0, 0.05) is 44.8 Å². The van der Waals surface area contributed by atoms with Crippen molar-refractivity contribution in [3.8, 4) is 11.1 Å². The smallest absolute Gasteiger partial charge is 0.251 e. The largest absolute Gasteiger partial charge is 0.351 e. The van der Waals surface area contributed by atoms with Gasteiger partial charge in [-0.3, -0.25) is 9.69 Å². The molecule has 1 aliphatic heterocycles. The molecule has 0 saturated carbocycles. The Morgan fingerprint density at radius 3 is 2.42 bits per heavy atom. The first-order chi connectivity index (χ1) is 16.2. The number of hydrogen-bond donors (Lipinski definition) is 1. The Balaban J connectivity index is 1.08. The van der Waals surface area contributed by atoms with E-state index in [4.69, 9.17) is 0 Å². The lowest BCUT2D eigenvalue weighted by atomic mass is 10.0. The van der Waals surface area contributed by atoms with Crippen molar-refractivity contribution < 1.29 is 9.18 Å². The molecule has 0 aliphatic carbocycles. The number of anilines is 1. The molecule has 0 unspecified atom stereocenters. The predicted molar refractivity (Wildman–Crippen MR) is 132 cm³/mol. The average Bonchev–Trinajstić information content (AvgIpc) is 3.28. The van der Waals surface area contributed by atoms with Gasteiger partial charge in [0.2, 0.25) is 0 Å². The first-order valence-corrected chi connectivity index (χ1v) is 11.9. The zero-order valence-electron chi connectivity index (χ0n) is 18.2. The summed E-state index contributed by atoms with van der Waals surface area (Å²) in [6, 6.07) is 22.6. The van der Waals surface area contributed by atoms with Gasteiger partial charge in [0.15, 0.2) is 5.13 Å². The Kier molecular flexibility index (Phi) is 6.32. The van der Waals surface area contributed by atoms with Gasteiger partial charge in [-0.25, -0.2) is 9.37 Å². The molecular formula is C26H25FN4OS. The number of carbonyl (C=O) groups is 1. The van der Waals surface area contributed by atoms with Crippen LogP contribution in [0.5, 0.6) is 0 Å². The van der Waals surface area contributed by atoms with Crippen molar-refractivity contribution in [1.82, 2.24) is 15.2 Å². The summed E-state index contributed by atoms with van der Waals surface area (Å²) in [6.07, 6.45) is 0. The normalized spacial score (nSPS) is 14.5. The van der Waals surface area contributed by atoms with Gasteiger partial charge in [0.25, 0.3) is 5.91 Å². The Morgan fingerprint density at radius 1 is 0.939 bits per heavy atom. The third-order valence-electron chi connectivity index (χ3n) is 5.95. The Hall–Kier alpha value is -3.29. The van der Waals surface area contributed by atoms with Crippen LogP contribution in [0.2, 0.25) is 0 Å². The lowest BCUT2D eigenvalue weighted by Gasteiger charge is -2.34. The zero-order valence-corrected chi connectivity index (χ0v) is 19.0. The monoisotopic (exact) mass is 460 g/mol. The molecule has 3 aromatic carbocycles. The number of aromatic nitrogens is 1. The van der Waals surface area contributed by atoms with Crippen LogP contribution in [0.15, 0.2) is 72.8 Å². The van der Waals surface area contributed by atoms with Gasteiger partial charge in [-0.2, -0.15) is 0 Å². The van der Waals surface area contributed by atoms with Gasteiger partial charge in [-0.1, -0.05) is 53.8 Å². The molecule has 7 heteroatoms. The summed E-state index contributed by atoms with van der Waals surface area (Å²) < 4.78 is 14.3. The molecule has 5 nitrogen and oxygen atoms in total. The fourth-order valence-corrected chi connectivity index (χ4v) is 5.10. The van der Waals surface area contributed by atoms with Gasteiger partial charge in [0.05, 0.1) is 10.2 Å². The molecule has 1 aliphatic rings. The maximum atomic E-state index is 13.4. The minimum atomic E-state index is -0.225. The minimum absolute atomic E-state index is 0.0463. The van der Waals surface area contributed by atoms with Gasteiger partial charge in [-0.05, 0) is 41.5 Å². The second-order valence-electron chi connectivity index (χ2n) is 8.14. The Morgan fingerprint density at radius 2 is 1.67 bits per heavy atom. The molecule has 0 atom stereocenters. The first kappa shape index (κ1) is 21.6. The highest BCUT2D eigenvalue weighted by molar-refractivity contribution is 7.22. The summed E-state index contributed by atoms with van der Waals surface area (Å²) in [5, 5.41) is 3.98. The zero-order chi connectivity index (χ0) is 22.6. The van der Waals surface area contributed by atoms with E-state index in [1.807, 2.05) is 42.5 Å². The number of rotatable bonds is 6. The van der Waals surface area contributed by atoms with Crippen LogP contribution in [-0.2, 0) is 0 Å². The van der Waals surface area contributed by atoms with E-state index >= 15 is 0 Å². The van der Waals surface area contributed by atoms with Crippen molar-refractivity contribution in [3.05, 3.63) is 84.2 Å². The van der Waals surface area contributed by atoms with Crippen molar-refractivity contribution in [2.24, 2.45) is 0 Å². The van der Waals surface area contributed by atoms with Crippen LogP contribution in [0.4, 0.5) is 9.52 Å². The minimum Gasteiger partial charge on any atom is -0.351 e. The summed E-state index contributed by atoms with van der Waals surface area (Å²) in [6.45, 7) is 4.98.